The normalized spacial score (nSPS) is 11.4. The van der Waals surface area contributed by atoms with Crippen LogP contribution in [0.5, 0.6) is 0 Å². The minimum Gasteiger partial charge on any atom is -0.478 e. The fourth-order valence-corrected chi connectivity index (χ4v) is 4.53. The summed E-state index contributed by atoms with van der Waals surface area (Å²) in [6.45, 7) is 1.86. The standard InChI is InChI=1S/C22H16ClN3O4S/c1-14-5-11-19(12-6-14)31(29,30)21-20(15-7-9-17(23)10-8-15)26(25-24-21)18-4-2-3-16(13-18)22(27)28/h2-13H,1H3,(H,27,28). The van der Waals surface area contributed by atoms with Gasteiger partial charge in [-0.15, -0.1) is 5.10 Å². The van der Waals surface area contributed by atoms with Gasteiger partial charge in [-0.25, -0.2) is 17.9 Å². The van der Waals surface area contributed by atoms with Crippen LogP contribution in [0.4, 0.5) is 0 Å². The molecular weight excluding hydrogens is 438 g/mol. The van der Waals surface area contributed by atoms with E-state index in [1.54, 1.807) is 48.5 Å². The van der Waals surface area contributed by atoms with E-state index in [1.807, 2.05) is 6.92 Å². The number of rotatable bonds is 5. The molecule has 31 heavy (non-hydrogen) atoms. The Bertz CT molecular complexity index is 1380. The molecule has 0 spiro atoms. The van der Waals surface area contributed by atoms with E-state index in [2.05, 4.69) is 10.3 Å². The van der Waals surface area contributed by atoms with Crippen molar-refractivity contribution in [2.24, 2.45) is 0 Å². The molecule has 0 saturated heterocycles. The maximum absolute atomic E-state index is 13.4. The minimum absolute atomic E-state index is 0.0398. The highest BCUT2D eigenvalue weighted by molar-refractivity contribution is 7.91. The van der Waals surface area contributed by atoms with E-state index in [1.165, 1.54) is 28.9 Å². The lowest BCUT2D eigenvalue weighted by molar-refractivity contribution is 0.0697. The Balaban J connectivity index is 1.97. The number of halogens is 1. The van der Waals surface area contributed by atoms with E-state index in [0.717, 1.165) is 5.56 Å². The molecule has 4 aromatic rings. The van der Waals surface area contributed by atoms with Gasteiger partial charge in [0.25, 0.3) is 0 Å². The van der Waals surface area contributed by atoms with E-state index in [9.17, 15) is 18.3 Å². The Morgan fingerprint density at radius 3 is 2.32 bits per heavy atom. The fourth-order valence-electron chi connectivity index (χ4n) is 3.08. The lowest BCUT2D eigenvalue weighted by atomic mass is 10.1. The largest absolute Gasteiger partial charge is 0.478 e. The predicted octanol–water partition coefficient (Wildman–Crippen LogP) is 4.43. The van der Waals surface area contributed by atoms with Gasteiger partial charge in [0.2, 0.25) is 14.9 Å². The molecule has 0 radical (unpaired) electrons. The van der Waals surface area contributed by atoms with E-state index in [0.29, 0.717) is 16.3 Å². The maximum Gasteiger partial charge on any atom is 0.335 e. The molecule has 0 bridgehead atoms. The van der Waals surface area contributed by atoms with Crippen molar-refractivity contribution < 1.29 is 18.3 Å². The molecule has 3 aromatic carbocycles. The monoisotopic (exact) mass is 453 g/mol. The fraction of sp³-hybridized carbons (Fsp3) is 0.0455. The third-order valence-electron chi connectivity index (χ3n) is 4.68. The predicted molar refractivity (Wildman–Crippen MR) is 115 cm³/mol. The number of hydrogen-bond acceptors (Lipinski definition) is 5. The summed E-state index contributed by atoms with van der Waals surface area (Å²) in [7, 11) is -4.00. The Labute approximate surface area is 183 Å². The number of benzene rings is 3. The summed E-state index contributed by atoms with van der Waals surface area (Å²) in [4.78, 5) is 11.5. The zero-order valence-corrected chi connectivity index (χ0v) is 17.8. The van der Waals surface area contributed by atoms with Crippen LogP contribution in [0, 0.1) is 6.92 Å². The minimum atomic E-state index is -4.00. The van der Waals surface area contributed by atoms with Crippen molar-refractivity contribution in [3.8, 4) is 16.9 Å². The molecule has 0 atom stereocenters. The highest BCUT2D eigenvalue weighted by atomic mass is 35.5. The molecule has 0 aliphatic rings. The van der Waals surface area contributed by atoms with Gasteiger partial charge in [0.05, 0.1) is 16.1 Å². The first-order valence-electron chi connectivity index (χ1n) is 9.14. The Morgan fingerprint density at radius 1 is 1.00 bits per heavy atom. The molecule has 1 aromatic heterocycles. The van der Waals surface area contributed by atoms with Crippen LogP contribution in [0.25, 0.3) is 16.9 Å². The van der Waals surface area contributed by atoms with Crippen molar-refractivity contribution in [1.29, 1.82) is 0 Å². The zero-order chi connectivity index (χ0) is 22.2. The van der Waals surface area contributed by atoms with Gasteiger partial charge >= 0.3 is 5.97 Å². The van der Waals surface area contributed by atoms with Gasteiger partial charge in [-0.05, 0) is 49.4 Å². The SMILES string of the molecule is Cc1ccc(S(=O)(=O)c2nnn(-c3cccc(C(=O)O)c3)c2-c2ccc(Cl)cc2)cc1. The second-order valence-corrected chi connectivity index (χ2v) is 9.14. The summed E-state index contributed by atoms with van der Waals surface area (Å²) in [5.74, 6) is -1.11. The molecule has 4 rings (SSSR count). The summed E-state index contributed by atoms with van der Waals surface area (Å²) >= 11 is 6.00. The molecule has 7 nitrogen and oxygen atoms in total. The molecule has 0 aliphatic heterocycles. The first-order valence-corrected chi connectivity index (χ1v) is 11.0. The topological polar surface area (TPSA) is 102 Å². The Kier molecular flexibility index (Phi) is 5.34. The summed E-state index contributed by atoms with van der Waals surface area (Å²) in [5.41, 5.74) is 2.05. The first kappa shape index (κ1) is 20.8. The van der Waals surface area contributed by atoms with Crippen molar-refractivity contribution in [3.05, 3.63) is 88.9 Å². The van der Waals surface area contributed by atoms with Crippen molar-refractivity contribution in [2.75, 3.05) is 0 Å². The summed E-state index contributed by atoms with van der Waals surface area (Å²) in [5, 5.41) is 17.6. The van der Waals surface area contributed by atoms with Crippen LogP contribution in [-0.2, 0) is 9.84 Å². The number of carboxylic acid groups (broad SMARTS) is 1. The van der Waals surface area contributed by atoms with Crippen molar-refractivity contribution in [2.45, 2.75) is 16.8 Å². The van der Waals surface area contributed by atoms with Crippen LogP contribution < -0.4 is 0 Å². The number of aromatic nitrogens is 3. The number of carboxylic acids is 1. The molecular formula is C22H16ClN3O4S. The van der Waals surface area contributed by atoms with Crippen LogP contribution in [0.15, 0.2) is 82.7 Å². The van der Waals surface area contributed by atoms with Crippen LogP contribution in [0.2, 0.25) is 5.02 Å². The van der Waals surface area contributed by atoms with E-state index < -0.39 is 15.8 Å². The molecule has 0 unspecified atom stereocenters. The quantitative estimate of drug-likeness (QED) is 0.479. The van der Waals surface area contributed by atoms with Crippen molar-refractivity contribution >= 4 is 27.4 Å². The van der Waals surface area contributed by atoms with Gasteiger partial charge in [0, 0.05) is 10.6 Å². The van der Waals surface area contributed by atoms with Crippen LogP contribution in [0.1, 0.15) is 15.9 Å². The van der Waals surface area contributed by atoms with Gasteiger partial charge in [0.1, 0.15) is 5.69 Å². The smallest absolute Gasteiger partial charge is 0.335 e. The number of sulfone groups is 1. The van der Waals surface area contributed by atoms with E-state index in [-0.39, 0.29) is 21.2 Å². The molecule has 156 valence electrons. The number of carbonyl (C=O) groups is 1. The summed E-state index contributed by atoms with van der Waals surface area (Å²) in [6.07, 6.45) is 0. The number of aromatic carboxylic acids is 1. The number of nitrogens with zero attached hydrogens (tertiary/aromatic N) is 3. The van der Waals surface area contributed by atoms with Gasteiger partial charge in [0.15, 0.2) is 0 Å². The van der Waals surface area contributed by atoms with Crippen LogP contribution in [0.3, 0.4) is 0 Å². The molecule has 0 fully saturated rings. The third kappa shape index (κ3) is 3.95. The number of hydrogen-bond donors (Lipinski definition) is 1. The second-order valence-electron chi connectivity index (χ2n) is 6.83. The lowest BCUT2D eigenvalue weighted by Gasteiger charge is -2.10. The average Bonchev–Trinajstić information content (AvgIpc) is 3.21. The van der Waals surface area contributed by atoms with E-state index >= 15 is 0 Å². The molecule has 0 aliphatic carbocycles. The maximum atomic E-state index is 13.4. The molecule has 1 N–H and O–H groups in total. The molecule has 0 saturated carbocycles. The van der Waals surface area contributed by atoms with Gasteiger partial charge in [-0.2, -0.15) is 0 Å². The van der Waals surface area contributed by atoms with Crippen molar-refractivity contribution in [3.63, 3.8) is 0 Å². The van der Waals surface area contributed by atoms with Gasteiger partial charge in [-0.3, -0.25) is 0 Å². The van der Waals surface area contributed by atoms with Crippen LogP contribution in [-0.4, -0.2) is 34.5 Å². The third-order valence-corrected chi connectivity index (χ3v) is 6.61. The zero-order valence-electron chi connectivity index (χ0n) is 16.2. The summed E-state index contributed by atoms with van der Waals surface area (Å²) in [6, 6.07) is 19.0. The molecule has 1 heterocycles. The van der Waals surface area contributed by atoms with Crippen LogP contribution >= 0.6 is 11.6 Å². The Morgan fingerprint density at radius 2 is 1.68 bits per heavy atom. The lowest BCUT2D eigenvalue weighted by Crippen LogP contribution is -2.06. The highest BCUT2D eigenvalue weighted by Gasteiger charge is 2.29. The molecule has 9 heteroatoms. The van der Waals surface area contributed by atoms with Crippen molar-refractivity contribution in [1.82, 2.24) is 15.0 Å². The Hall–Kier alpha value is -3.49. The van der Waals surface area contributed by atoms with Gasteiger partial charge < -0.3 is 5.11 Å². The van der Waals surface area contributed by atoms with E-state index in [4.69, 9.17) is 11.6 Å². The molecule has 0 amide bonds. The highest BCUT2D eigenvalue weighted by Crippen LogP contribution is 2.32. The average molecular weight is 454 g/mol. The summed E-state index contributed by atoms with van der Waals surface area (Å²) < 4.78 is 28.1. The van der Waals surface area contributed by atoms with Gasteiger partial charge in [-0.1, -0.05) is 52.7 Å². The second kappa shape index (κ2) is 7.98. The number of aryl methyl sites for hydroxylation is 1. The first-order chi connectivity index (χ1) is 14.8.